The number of anilines is 3. The molecule has 33 heavy (non-hydrogen) atoms. The molecule has 1 saturated carbocycles. The lowest BCUT2D eigenvalue weighted by Crippen LogP contribution is -2.31. The number of carbonyl (C=O) groups excluding carboxylic acids is 2. The third kappa shape index (κ3) is 5.47. The average Bonchev–Trinajstić information content (AvgIpc) is 3.52. The fourth-order valence-electron chi connectivity index (χ4n) is 4.72. The standard InChI is InChI=1S/C26H34N4O3/c1-29(2)22-14-15-30(17-22)21-11-9-20(10-12-21)27-26(32)19-8-13-23(24(16-19)33-3)28-25(31)18-6-4-5-7-18/h8-13,16,18,22H,4-7,14-15,17H2,1-3H3,(H,27,32)(H,28,31). The highest BCUT2D eigenvalue weighted by Gasteiger charge is 2.25. The lowest BCUT2D eigenvalue weighted by atomic mass is 10.1. The van der Waals surface area contributed by atoms with Crippen LogP contribution in [0.25, 0.3) is 0 Å². The van der Waals surface area contributed by atoms with Gasteiger partial charge in [0, 0.05) is 42.0 Å². The number of methoxy groups -OCH3 is 1. The zero-order chi connectivity index (χ0) is 23.4. The lowest BCUT2D eigenvalue weighted by molar-refractivity contribution is -0.119. The van der Waals surface area contributed by atoms with Crippen LogP contribution in [0.4, 0.5) is 17.1 Å². The van der Waals surface area contributed by atoms with Crippen LogP contribution in [0.2, 0.25) is 0 Å². The van der Waals surface area contributed by atoms with Gasteiger partial charge in [0.25, 0.3) is 5.91 Å². The van der Waals surface area contributed by atoms with Crippen molar-refractivity contribution in [3.05, 3.63) is 48.0 Å². The van der Waals surface area contributed by atoms with Gasteiger partial charge in [-0.15, -0.1) is 0 Å². The number of ether oxygens (including phenoxy) is 1. The molecule has 2 aromatic carbocycles. The number of carbonyl (C=O) groups is 2. The summed E-state index contributed by atoms with van der Waals surface area (Å²) in [5.74, 6) is 0.352. The van der Waals surface area contributed by atoms with Gasteiger partial charge in [-0.1, -0.05) is 12.8 Å². The van der Waals surface area contributed by atoms with Crippen molar-refractivity contribution >= 4 is 28.9 Å². The second-order valence-corrected chi connectivity index (χ2v) is 9.24. The molecule has 2 amide bonds. The number of hydrogen-bond acceptors (Lipinski definition) is 5. The molecule has 2 fully saturated rings. The molecule has 0 aromatic heterocycles. The summed E-state index contributed by atoms with van der Waals surface area (Å²) >= 11 is 0. The Hall–Kier alpha value is -3.06. The van der Waals surface area contributed by atoms with Gasteiger partial charge in [0.15, 0.2) is 0 Å². The van der Waals surface area contributed by atoms with E-state index in [2.05, 4.69) is 46.7 Å². The highest BCUT2D eigenvalue weighted by molar-refractivity contribution is 6.05. The Balaban J connectivity index is 1.38. The van der Waals surface area contributed by atoms with E-state index in [1.807, 2.05) is 12.1 Å². The number of hydrogen-bond donors (Lipinski definition) is 2. The number of nitrogens with zero attached hydrogens (tertiary/aromatic N) is 2. The summed E-state index contributed by atoms with van der Waals surface area (Å²) in [6.45, 7) is 2.06. The maximum atomic E-state index is 12.8. The van der Waals surface area contributed by atoms with Crippen molar-refractivity contribution < 1.29 is 14.3 Å². The molecule has 1 aliphatic carbocycles. The summed E-state index contributed by atoms with van der Waals surface area (Å²) in [4.78, 5) is 29.9. The molecule has 2 aliphatic rings. The van der Waals surface area contributed by atoms with Crippen LogP contribution in [-0.4, -0.2) is 57.1 Å². The van der Waals surface area contributed by atoms with Gasteiger partial charge in [-0.3, -0.25) is 9.59 Å². The molecule has 0 spiro atoms. The third-order valence-corrected chi connectivity index (χ3v) is 6.83. The number of rotatable bonds is 7. The second kappa shape index (κ2) is 10.3. The van der Waals surface area contributed by atoms with Gasteiger partial charge in [0.1, 0.15) is 5.75 Å². The van der Waals surface area contributed by atoms with E-state index in [9.17, 15) is 9.59 Å². The Morgan fingerprint density at radius 1 is 1.00 bits per heavy atom. The van der Waals surface area contributed by atoms with Crippen LogP contribution in [0.3, 0.4) is 0 Å². The zero-order valence-electron chi connectivity index (χ0n) is 19.8. The number of amides is 2. The zero-order valence-corrected chi connectivity index (χ0v) is 19.8. The summed E-state index contributed by atoms with van der Waals surface area (Å²) < 4.78 is 5.44. The fraction of sp³-hybridized carbons (Fsp3) is 0.462. The Morgan fingerprint density at radius 3 is 2.36 bits per heavy atom. The van der Waals surface area contributed by atoms with E-state index in [1.54, 1.807) is 25.3 Å². The molecule has 1 unspecified atom stereocenters. The smallest absolute Gasteiger partial charge is 0.255 e. The first-order valence-electron chi connectivity index (χ1n) is 11.8. The summed E-state index contributed by atoms with van der Waals surface area (Å²) in [5.41, 5.74) is 2.98. The van der Waals surface area contributed by atoms with Gasteiger partial charge in [-0.05, 0) is 75.8 Å². The number of likely N-dealkylation sites (N-methyl/N-ethyl adjacent to an activating group) is 1. The van der Waals surface area contributed by atoms with Crippen LogP contribution in [0.5, 0.6) is 5.75 Å². The van der Waals surface area contributed by atoms with Crippen LogP contribution < -0.4 is 20.3 Å². The van der Waals surface area contributed by atoms with E-state index < -0.39 is 0 Å². The van der Waals surface area contributed by atoms with E-state index in [-0.39, 0.29) is 17.7 Å². The van der Waals surface area contributed by atoms with E-state index in [4.69, 9.17) is 4.74 Å². The lowest BCUT2D eigenvalue weighted by Gasteiger charge is -2.22. The molecule has 2 N–H and O–H groups in total. The topological polar surface area (TPSA) is 73.9 Å². The predicted octanol–water partition coefficient (Wildman–Crippen LogP) is 4.22. The normalized spacial score (nSPS) is 18.5. The summed E-state index contributed by atoms with van der Waals surface area (Å²) in [7, 11) is 5.79. The van der Waals surface area contributed by atoms with E-state index in [0.717, 1.165) is 50.9 Å². The van der Waals surface area contributed by atoms with Crippen molar-refractivity contribution in [3.63, 3.8) is 0 Å². The maximum Gasteiger partial charge on any atom is 0.255 e. The quantitative estimate of drug-likeness (QED) is 0.661. The molecular weight excluding hydrogens is 416 g/mol. The Morgan fingerprint density at radius 2 is 1.73 bits per heavy atom. The predicted molar refractivity (Wildman–Crippen MR) is 132 cm³/mol. The first kappa shape index (κ1) is 23.1. The van der Waals surface area contributed by atoms with Gasteiger partial charge in [-0.2, -0.15) is 0 Å². The van der Waals surface area contributed by atoms with Gasteiger partial charge in [0.05, 0.1) is 12.8 Å². The van der Waals surface area contributed by atoms with Gasteiger partial charge in [-0.25, -0.2) is 0 Å². The van der Waals surface area contributed by atoms with Crippen LogP contribution in [0, 0.1) is 5.92 Å². The monoisotopic (exact) mass is 450 g/mol. The Labute approximate surface area is 196 Å². The molecule has 7 heteroatoms. The van der Waals surface area contributed by atoms with Crippen molar-refractivity contribution in [2.75, 3.05) is 49.8 Å². The van der Waals surface area contributed by atoms with Gasteiger partial charge in [0.2, 0.25) is 5.91 Å². The minimum atomic E-state index is -0.219. The molecule has 0 radical (unpaired) electrons. The molecule has 1 heterocycles. The van der Waals surface area contributed by atoms with Crippen molar-refractivity contribution in [1.29, 1.82) is 0 Å². The van der Waals surface area contributed by atoms with Crippen molar-refractivity contribution in [2.24, 2.45) is 5.92 Å². The fourth-order valence-corrected chi connectivity index (χ4v) is 4.72. The first-order chi connectivity index (χ1) is 15.9. The van der Waals surface area contributed by atoms with Gasteiger partial charge >= 0.3 is 0 Å². The largest absolute Gasteiger partial charge is 0.495 e. The molecule has 0 bridgehead atoms. The van der Waals surface area contributed by atoms with E-state index >= 15 is 0 Å². The first-order valence-corrected chi connectivity index (χ1v) is 11.8. The van der Waals surface area contributed by atoms with Crippen LogP contribution in [0.15, 0.2) is 42.5 Å². The molecule has 2 aromatic rings. The average molecular weight is 451 g/mol. The minimum Gasteiger partial charge on any atom is -0.495 e. The van der Waals surface area contributed by atoms with Crippen LogP contribution in [0.1, 0.15) is 42.5 Å². The van der Waals surface area contributed by atoms with E-state index in [0.29, 0.717) is 23.0 Å². The van der Waals surface area contributed by atoms with Crippen LogP contribution in [-0.2, 0) is 4.79 Å². The highest BCUT2D eigenvalue weighted by Crippen LogP contribution is 2.30. The highest BCUT2D eigenvalue weighted by atomic mass is 16.5. The molecular formula is C26H34N4O3. The molecule has 7 nitrogen and oxygen atoms in total. The molecule has 1 saturated heterocycles. The maximum absolute atomic E-state index is 12.8. The number of benzene rings is 2. The Kier molecular flexibility index (Phi) is 7.18. The van der Waals surface area contributed by atoms with E-state index in [1.165, 1.54) is 5.69 Å². The van der Waals surface area contributed by atoms with Crippen molar-refractivity contribution in [1.82, 2.24) is 4.90 Å². The molecule has 1 aliphatic heterocycles. The Bertz CT molecular complexity index is 984. The second-order valence-electron chi connectivity index (χ2n) is 9.24. The van der Waals surface area contributed by atoms with Crippen molar-refractivity contribution in [2.45, 2.75) is 38.1 Å². The summed E-state index contributed by atoms with van der Waals surface area (Å²) in [5, 5.41) is 5.91. The molecule has 4 rings (SSSR count). The molecule has 1 atom stereocenters. The minimum absolute atomic E-state index is 0.0259. The SMILES string of the molecule is COc1cc(C(=O)Nc2ccc(N3CCC(N(C)C)C3)cc2)ccc1NC(=O)C1CCCC1. The number of nitrogens with one attached hydrogen (secondary N) is 2. The van der Waals surface area contributed by atoms with Crippen molar-refractivity contribution in [3.8, 4) is 5.75 Å². The van der Waals surface area contributed by atoms with Gasteiger partial charge < -0.3 is 25.2 Å². The molecule has 176 valence electrons. The van der Waals surface area contributed by atoms with Crippen LogP contribution >= 0.6 is 0 Å². The summed E-state index contributed by atoms with van der Waals surface area (Å²) in [6.07, 6.45) is 5.22. The third-order valence-electron chi connectivity index (χ3n) is 6.83. The summed E-state index contributed by atoms with van der Waals surface area (Å²) in [6, 6.07) is 13.7.